The number of sulfonamides is 1. The lowest BCUT2D eigenvalue weighted by Crippen LogP contribution is -2.14. The van der Waals surface area contributed by atoms with Gasteiger partial charge in [0.25, 0.3) is 10.0 Å². The number of imidazole rings is 1. The summed E-state index contributed by atoms with van der Waals surface area (Å²) in [7, 11) is -3.62. The van der Waals surface area contributed by atoms with Crippen LogP contribution in [0.1, 0.15) is 5.82 Å². The third-order valence-corrected chi connectivity index (χ3v) is 3.14. The van der Waals surface area contributed by atoms with Crippen LogP contribution in [-0.2, 0) is 10.0 Å². The molecule has 0 saturated carbocycles. The van der Waals surface area contributed by atoms with E-state index >= 15 is 0 Å². The van der Waals surface area contributed by atoms with Crippen molar-refractivity contribution in [2.45, 2.75) is 11.9 Å². The molecule has 7 heteroatoms. The van der Waals surface area contributed by atoms with Crippen LogP contribution in [-0.4, -0.2) is 23.4 Å². The minimum atomic E-state index is -3.62. The fraction of sp³-hybridized carbons (Fsp3) is 0.111. The molecular formula is C9H10N4O2S. The number of nitrogens with zero attached hydrogens (tertiary/aromatic N) is 2. The van der Waals surface area contributed by atoms with Gasteiger partial charge in [-0.1, -0.05) is 6.07 Å². The van der Waals surface area contributed by atoms with E-state index in [1.807, 2.05) is 0 Å². The van der Waals surface area contributed by atoms with Crippen LogP contribution in [0.15, 0.2) is 35.6 Å². The maximum atomic E-state index is 11.8. The molecule has 0 saturated heterocycles. The molecule has 0 atom stereocenters. The molecule has 0 fully saturated rings. The number of rotatable bonds is 3. The van der Waals surface area contributed by atoms with Gasteiger partial charge in [-0.2, -0.15) is 8.42 Å². The largest absolute Gasteiger partial charge is 0.332 e. The van der Waals surface area contributed by atoms with Crippen LogP contribution in [0.25, 0.3) is 0 Å². The third kappa shape index (κ3) is 2.19. The second-order valence-electron chi connectivity index (χ2n) is 3.15. The van der Waals surface area contributed by atoms with E-state index in [0.717, 1.165) is 0 Å². The molecule has 0 aliphatic heterocycles. The first kappa shape index (κ1) is 10.6. The van der Waals surface area contributed by atoms with E-state index in [4.69, 9.17) is 0 Å². The Bertz CT molecular complexity index is 577. The van der Waals surface area contributed by atoms with E-state index < -0.39 is 10.0 Å². The normalized spacial score (nSPS) is 11.3. The first-order chi connectivity index (χ1) is 7.58. The van der Waals surface area contributed by atoms with Crippen molar-refractivity contribution in [1.82, 2.24) is 15.0 Å². The highest BCUT2D eigenvalue weighted by Gasteiger charge is 2.16. The van der Waals surface area contributed by atoms with E-state index in [9.17, 15) is 8.42 Å². The lowest BCUT2D eigenvalue weighted by molar-refractivity contribution is 0.598. The lowest BCUT2D eigenvalue weighted by atomic mass is 10.5. The number of aromatic nitrogens is 3. The van der Waals surface area contributed by atoms with Crippen molar-refractivity contribution in [1.29, 1.82) is 0 Å². The highest BCUT2D eigenvalue weighted by molar-refractivity contribution is 7.92. The van der Waals surface area contributed by atoms with Crippen LogP contribution < -0.4 is 4.72 Å². The summed E-state index contributed by atoms with van der Waals surface area (Å²) in [6.07, 6.45) is 2.77. The van der Waals surface area contributed by atoms with Gasteiger partial charge in [0.1, 0.15) is 11.6 Å². The van der Waals surface area contributed by atoms with Gasteiger partial charge in [0.05, 0.1) is 6.20 Å². The Labute approximate surface area is 92.8 Å². The highest BCUT2D eigenvalue weighted by Crippen LogP contribution is 2.11. The summed E-state index contributed by atoms with van der Waals surface area (Å²) >= 11 is 0. The van der Waals surface area contributed by atoms with E-state index in [0.29, 0.717) is 5.82 Å². The first-order valence-electron chi connectivity index (χ1n) is 4.53. The second-order valence-corrected chi connectivity index (χ2v) is 4.80. The molecule has 16 heavy (non-hydrogen) atoms. The number of anilines is 1. The van der Waals surface area contributed by atoms with Crippen LogP contribution in [0.3, 0.4) is 0 Å². The fourth-order valence-corrected chi connectivity index (χ4v) is 2.13. The van der Waals surface area contributed by atoms with Gasteiger partial charge in [0, 0.05) is 6.20 Å². The summed E-state index contributed by atoms with van der Waals surface area (Å²) in [5.74, 6) is 0.816. The fourth-order valence-electron chi connectivity index (χ4n) is 1.15. The van der Waals surface area contributed by atoms with Crippen LogP contribution >= 0.6 is 0 Å². The summed E-state index contributed by atoms with van der Waals surface area (Å²) in [5, 5.41) is 0.0238. The predicted molar refractivity (Wildman–Crippen MR) is 58.4 cm³/mol. The number of H-pyrrole nitrogens is 1. The van der Waals surface area contributed by atoms with E-state index in [1.165, 1.54) is 12.4 Å². The monoisotopic (exact) mass is 238 g/mol. The zero-order valence-electron chi connectivity index (χ0n) is 8.51. The van der Waals surface area contributed by atoms with Crippen molar-refractivity contribution in [3.05, 3.63) is 36.4 Å². The maximum absolute atomic E-state index is 11.8. The Balaban J connectivity index is 2.28. The molecule has 2 aromatic heterocycles. The van der Waals surface area contributed by atoms with Crippen molar-refractivity contribution in [3.8, 4) is 0 Å². The molecule has 84 valence electrons. The van der Waals surface area contributed by atoms with Gasteiger partial charge in [-0.05, 0) is 19.1 Å². The number of hydrogen-bond donors (Lipinski definition) is 2. The topological polar surface area (TPSA) is 87.7 Å². The van der Waals surface area contributed by atoms with Crippen molar-refractivity contribution in [2.24, 2.45) is 0 Å². The number of pyridine rings is 1. The maximum Gasteiger partial charge on any atom is 0.280 e. The van der Waals surface area contributed by atoms with Gasteiger partial charge >= 0.3 is 0 Å². The van der Waals surface area contributed by atoms with Crippen molar-refractivity contribution in [2.75, 3.05) is 4.72 Å². The van der Waals surface area contributed by atoms with Crippen molar-refractivity contribution >= 4 is 15.8 Å². The zero-order chi connectivity index (χ0) is 11.6. The second kappa shape index (κ2) is 3.93. The molecule has 2 N–H and O–H groups in total. The molecule has 0 aliphatic rings. The Morgan fingerprint density at radius 3 is 2.69 bits per heavy atom. The van der Waals surface area contributed by atoms with Gasteiger partial charge in [-0.25, -0.2) is 9.97 Å². The minimum Gasteiger partial charge on any atom is -0.332 e. The van der Waals surface area contributed by atoms with Gasteiger partial charge in [-0.15, -0.1) is 0 Å². The quantitative estimate of drug-likeness (QED) is 0.832. The van der Waals surface area contributed by atoms with E-state index in [2.05, 4.69) is 19.7 Å². The molecule has 0 aromatic carbocycles. The van der Waals surface area contributed by atoms with Crippen LogP contribution in [0, 0.1) is 6.92 Å². The molecule has 0 amide bonds. The summed E-state index contributed by atoms with van der Waals surface area (Å²) in [5.41, 5.74) is 0. The number of aryl methyl sites for hydroxylation is 1. The first-order valence-corrected chi connectivity index (χ1v) is 6.02. The molecule has 0 spiro atoms. The molecule has 2 heterocycles. The molecule has 6 nitrogen and oxygen atoms in total. The summed E-state index contributed by atoms with van der Waals surface area (Å²) in [4.78, 5) is 10.3. The number of aromatic amines is 1. The van der Waals surface area contributed by atoms with Crippen molar-refractivity contribution in [3.63, 3.8) is 0 Å². The predicted octanol–water partition coefficient (Wildman–Crippen LogP) is 0.914. The van der Waals surface area contributed by atoms with E-state index in [-0.39, 0.29) is 10.8 Å². The van der Waals surface area contributed by atoms with Gasteiger partial charge in [0.2, 0.25) is 0 Å². The van der Waals surface area contributed by atoms with Gasteiger partial charge in [-0.3, -0.25) is 4.72 Å². The molecule has 0 unspecified atom stereocenters. The molecule has 0 aliphatic carbocycles. The molecular weight excluding hydrogens is 228 g/mol. The Morgan fingerprint density at radius 1 is 1.31 bits per heavy atom. The number of hydrogen-bond acceptors (Lipinski definition) is 4. The third-order valence-electron chi connectivity index (χ3n) is 1.87. The molecule has 0 bridgehead atoms. The zero-order valence-corrected chi connectivity index (χ0v) is 9.32. The summed E-state index contributed by atoms with van der Waals surface area (Å²) < 4.78 is 25.9. The van der Waals surface area contributed by atoms with E-state index in [1.54, 1.807) is 25.1 Å². The van der Waals surface area contributed by atoms with Gasteiger partial charge < -0.3 is 4.98 Å². The average Bonchev–Trinajstić information content (AvgIpc) is 2.66. The molecule has 2 rings (SSSR count). The van der Waals surface area contributed by atoms with Crippen molar-refractivity contribution < 1.29 is 8.42 Å². The summed E-state index contributed by atoms with van der Waals surface area (Å²) in [6.45, 7) is 1.68. The van der Waals surface area contributed by atoms with Crippen LogP contribution in [0.4, 0.5) is 5.82 Å². The average molecular weight is 238 g/mol. The molecule has 0 radical (unpaired) electrons. The number of nitrogens with one attached hydrogen (secondary N) is 2. The van der Waals surface area contributed by atoms with Gasteiger partial charge in [0.15, 0.2) is 5.03 Å². The minimum absolute atomic E-state index is 0.0238. The molecule has 2 aromatic rings. The summed E-state index contributed by atoms with van der Waals surface area (Å²) in [6, 6.07) is 4.97. The van der Waals surface area contributed by atoms with Crippen LogP contribution in [0.2, 0.25) is 0 Å². The van der Waals surface area contributed by atoms with Crippen LogP contribution in [0.5, 0.6) is 0 Å². The standard InChI is InChI=1S/C9H10N4O2S/c1-7-11-6-9(12-7)16(14,15)13-8-4-2-3-5-10-8/h2-6H,1H3,(H,10,13)(H,11,12). The SMILES string of the molecule is Cc1ncc(S(=O)(=O)Nc2ccccn2)[nH]1. The Hall–Kier alpha value is -1.89. The Kier molecular flexibility index (Phi) is 2.61. The smallest absolute Gasteiger partial charge is 0.280 e. The Morgan fingerprint density at radius 2 is 2.12 bits per heavy atom. The highest BCUT2D eigenvalue weighted by atomic mass is 32.2. The lowest BCUT2D eigenvalue weighted by Gasteiger charge is -2.03.